The minimum Gasteiger partial charge on any atom is -0.299 e. The number of benzene rings is 1. The molecule has 0 aromatic heterocycles. The lowest BCUT2D eigenvalue weighted by Gasteiger charge is -2.28. The summed E-state index contributed by atoms with van der Waals surface area (Å²) < 4.78 is 0. The van der Waals surface area contributed by atoms with Crippen LogP contribution in [0, 0.1) is 5.92 Å². The Kier molecular flexibility index (Phi) is 6.40. The Bertz CT molecular complexity index is 524. The number of hydrogen-bond acceptors (Lipinski definition) is 3. The van der Waals surface area contributed by atoms with Gasteiger partial charge in [-0.05, 0) is 55.7 Å². The summed E-state index contributed by atoms with van der Waals surface area (Å²) in [5.74, 6) is 0.420. The SMILES string of the molecule is O=C(CCCC(=O)C1CCC(c2cccc(Cl)c2)CC1)NO. The second-order valence-electron chi connectivity index (χ2n) is 5.96. The Morgan fingerprint density at radius 1 is 1.18 bits per heavy atom. The molecule has 2 rings (SSSR count). The van der Waals surface area contributed by atoms with Crippen LogP contribution in [0.3, 0.4) is 0 Å². The number of carbonyl (C=O) groups is 2. The van der Waals surface area contributed by atoms with Gasteiger partial charge in [0.15, 0.2) is 0 Å². The van der Waals surface area contributed by atoms with Crippen molar-refractivity contribution in [2.45, 2.75) is 50.9 Å². The fourth-order valence-corrected chi connectivity index (χ4v) is 3.39. The van der Waals surface area contributed by atoms with Crippen LogP contribution in [-0.4, -0.2) is 16.9 Å². The molecule has 22 heavy (non-hydrogen) atoms. The topological polar surface area (TPSA) is 66.4 Å². The first-order valence-electron chi connectivity index (χ1n) is 7.81. The molecule has 2 N–H and O–H groups in total. The van der Waals surface area contributed by atoms with E-state index in [9.17, 15) is 9.59 Å². The molecule has 5 heteroatoms. The first-order valence-corrected chi connectivity index (χ1v) is 8.19. The zero-order chi connectivity index (χ0) is 15.9. The highest BCUT2D eigenvalue weighted by Gasteiger charge is 2.26. The first-order chi connectivity index (χ1) is 10.6. The summed E-state index contributed by atoms with van der Waals surface area (Å²) in [5, 5.41) is 9.17. The van der Waals surface area contributed by atoms with Crippen LogP contribution in [0.5, 0.6) is 0 Å². The minimum atomic E-state index is -0.433. The fourth-order valence-electron chi connectivity index (χ4n) is 3.19. The molecule has 0 atom stereocenters. The minimum absolute atomic E-state index is 0.118. The summed E-state index contributed by atoms with van der Waals surface area (Å²) in [6, 6.07) is 7.97. The quantitative estimate of drug-likeness (QED) is 0.617. The average molecular weight is 324 g/mol. The molecule has 1 aromatic carbocycles. The van der Waals surface area contributed by atoms with E-state index in [1.54, 1.807) is 5.48 Å². The lowest BCUT2D eigenvalue weighted by Crippen LogP contribution is -2.22. The first kappa shape index (κ1) is 17.0. The molecule has 0 unspecified atom stereocenters. The third-order valence-electron chi connectivity index (χ3n) is 4.45. The predicted octanol–water partition coefficient (Wildman–Crippen LogP) is 3.86. The van der Waals surface area contributed by atoms with Gasteiger partial charge in [-0.1, -0.05) is 23.7 Å². The van der Waals surface area contributed by atoms with Gasteiger partial charge in [0.05, 0.1) is 0 Å². The second-order valence-corrected chi connectivity index (χ2v) is 6.39. The number of ketones is 1. The molecule has 1 amide bonds. The smallest absolute Gasteiger partial charge is 0.243 e. The zero-order valence-electron chi connectivity index (χ0n) is 12.6. The normalized spacial score (nSPS) is 21.4. The summed E-state index contributed by atoms with van der Waals surface area (Å²) in [7, 11) is 0. The van der Waals surface area contributed by atoms with Gasteiger partial charge in [-0.2, -0.15) is 0 Å². The van der Waals surface area contributed by atoms with Gasteiger partial charge < -0.3 is 0 Å². The predicted molar refractivity (Wildman–Crippen MR) is 84.9 cm³/mol. The molecule has 120 valence electrons. The number of halogens is 1. The molecule has 1 aromatic rings. The number of carbonyl (C=O) groups excluding carboxylic acids is 2. The summed E-state index contributed by atoms with van der Waals surface area (Å²) >= 11 is 6.03. The molecular weight excluding hydrogens is 302 g/mol. The molecule has 0 spiro atoms. The van der Waals surface area contributed by atoms with Crippen molar-refractivity contribution in [2.24, 2.45) is 5.92 Å². The van der Waals surface area contributed by atoms with Crippen LogP contribution in [0.2, 0.25) is 5.02 Å². The maximum atomic E-state index is 12.1. The van der Waals surface area contributed by atoms with E-state index < -0.39 is 5.91 Å². The van der Waals surface area contributed by atoms with Crippen molar-refractivity contribution in [3.8, 4) is 0 Å². The van der Waals surface area contributed by atoms with Gasteiger partial charge in [-0.25, -0.2) is 5.48 Å². The van der Waals surface area contributed by atoms with E-state index in [1.165, 1.54) is 5.56 Å². The monoisotopic (exact) mass is 323 g/mol. The Morgan fingerprint density at radius 2 is 1.91 bits per heavy atom. The van der Waals surface area contributed by atoms with Gasteiger partial charge in [0, 0.05) is 23.8 Å². The summed E-state index contributed by atoms with van der Waals surface area (Å²) in [4.78, 5) is 23.1. The summed E-state index contributed by atoms with van der Waals surface area (Å²) in [6.07, 6.45) is 4.94. The van der Waals surface area contributed by atoms with Crippen molar-refractivity contribution in [3.05, 3.63) is 34.9 Å². The van der Waals surface area contributed by atoms with Gasteiger partial charge in [0.2, 0.25) is 5.91 Å². The number of amides is 1. The number of Topliss-reactive ketones (excluding diaryl/α,β-unsaturated/α-hetero) is 1. The van der Waals surface area contributed by atoms with Crippen molar-refractivity contribution in [2.75, 3.05) is 0 Å². The number of rotatable bonds is 6. The van der Waals surface area contributed by atoms with Crippen LogP contribution in [-0.2, 0) is 9.59 Å². The van der Waals surface area contributed by atoms with E-state index in [2.05, 4.69) is 6.07 Å². The Labute approximate surface area is 135 Å². The zero-order valence-corrected chi connectivity index (χ0v) is 13.3. The molecule has 1 saturated carbocycles. The van der Waals surface area contributed by atoms with Gasteiger partial charge >= 0.3 is 0 Å². The van der Waals surface area contributed by atoms with Crippen LogP contribution < -0.4 is 5.48 Å². The molecule has 0 bridgehead atoms. The summed E-state index contributed by atoms with van der Waals surface area (Å²) in [5.41, 5.74) is 2.85. The Balaban J connectivity index is 1.77. The van der Waals surface area contributed by atoms with Crippen LogP contribution in [0.15, 0.2) is 24.3 Å². The van der Waals surface area contributed by atoms with Gasteiger partial charge in [-0.15, -0.1) is 0 Å². The van der Waals surface area contributed by atoms with Crippen molar-refractivity contribution < 1.29 is 14.8 Å². The average Bonchev–Trinajstić information content (AvgIpc) is 2.54. The van der Waals surface area contributed by atoms with E-state index in [0.29, 0.717) is 18.8 Å². The van der Waals surface area contributed by atoms with E-state index in [1.807, 2.05) is 18.2 Å². The highest BCUT2D eigenvalue weighted by Crippen LogP contribution is 2.37. The van der Waals surface area contributed by atoms with E-state index in [4.69, 9.17) is 16.8 Å². The molecule has 0 saturated heterocycles. The summed E-state index contributed by atoms with van der Waals surface area (Å²) in [6.45, 7) is 0. The van der Waals surface area contributed by atoms with Gasteiger partial charge in [0.1, 0.15) is 5.78 Å². The standard InChI is InChI=1S/C17H22ClNO3/c18-15-4-1-3-14(11-15)12-7-9-13(10-8-12)16(20)5-2-6-17(21)19-22/h1,3-4,11-13,22H,2,5-10H2,(H,19,21). The fraction of sp³-hybridized carbons (Fsp3) is 0.529. The van der Waals surface area contributed by atoms with Crippen molar-refractivity contribution in [1.29, 1.82) is 0 Å². The second kappa shape index (κ2) is 8.30. The van der Waals surface area contributed by atoms with Gasteiger partial charge in [-0.3, -0.25) is 14.8 Å². The highest BCUT2D eigenvalue weighted by atomic mass is 35.5. The maximum absolute atomic E-state index is 12.1. The van der Waals surface area contributed by atoms with E-state index >= 15 is 0 Å². The Morgan fingerprint density at radius 3 is 2.55 bits per heavy atom. The third kappa shape index (κ3) is 4.82. The number of hydrogen-bond donors (Lipinski definition) is 2. The van der Waals surface area contributed by atoms with Crippen LogP contribution in [0.1, 0.15) is 56.4 Å². The van der Waals surface area contributed by atoms with Crippen molar-refractivity contribution in [1.82, 2.24) is 5.48 Å². The van der Waals surface area contributed by atoms with Crippen LogP contribution in [0.4, 0.5) is 0 Å². The highest BCUT2D eigenvalue weighted by molar-refractivity contribution is 6.30. The number of hydroxylamine groups is 1. The van der Waals surface area contributed by atoms with Crippen molar-refractivity contribution >= 4 is 23.3 Å². The molecule has 4 nitrogen and oxygen atoms in total. The molecular formula is C17H22ClNO3. The van der Waals surface area contributed by atoms with Crippen LogP contribution >= 0.6 is 11.6 Å². The molecule has 0 heterocycles. The molecule has 1 aliphatic carbocycles. The van der Waals surface area contributed by atoms with Crippen LogP contribution in [0.25, 0.3) is 0 Å². The lowest BCUT2D eigenvalue weighted by atomic mass is 9.76. The lowest BCUT2D eigenvalue weighted by molar-refractivity contribution is -0.129. The largest absolute Gasteiger partial charge is 0.299 e. The van der Waals surface area contributed by atoms with Crippen molar-refractivity contribution in [3.63, 3.8) is 0 Å². The third-order valence-corrected chi connectivity index (χ3v) is 4.69. The van der Waals surface area contributed by atoms with E-state index in [-0.39, 0.29) is 18.1 Å². The molecule has 0 aliphatic heterocycles. The molecule has 1 fully saturated rings. The maximum Gasteiger partial charge on any atom is 0.243 e. The molecule has 0 radical (unpaired) electrons. The van der Waals surface area contributed by atoms with Gasteiger partial charge in [0.25, 0.3) is 0 Å². The number of nitrogens with one attached hydrogen (secondary N) is 1. The molecule has 1 aliphatic rings. The Hall–Kier alpha value is -1.39. The van der Waals surface area contributed by atoms with E-state index in [0.717, 1.165) is 30.7 Å².